The van der Waals surface area contributed by atoms with Crippen LogP contribution in [0.5, 0.6) is 5.75 Å². The zero-order valence-corrected chi connectivity index (χ0v) is 15.5. The number of benzene rings is 2. The van der Waals surface area contributed by atoms with Gasteiger partial charge in [0.05, 0.1) is 7.11 Å². The molecule has 142 valence electrons. The average Bonchev–Trinajstić information content (AvgIpc) is 3.27. The largest absolute Gasteiger partial charge is 0.497 e. The number of carbonyl (C=O) groups is 2. The minimum atomic E-state index is -0.409. The Hall–Kier alpha value is -3.87. The van der Waals surface area contributed by atoms with E-state index < -0.39 is 11.8 Å². The smallest absolute Gasteiger partial charge is 0.271 e. The second-order valence-corrected chi connectivity index (χ2v) is 5.96. The van der Waals surface area contributed by atoms with Crippen molar-refractivity contribution < 1.29 is 14.3 Å². The summed E-state index contributed by atoms with van der Waals surface area (Å²) in [7, 11) is 1.57. The van der Waals surface area contributed by atoms with Crippen molar-refractivity contribution in [3.63, 3.8) is 0 Å². The Morgan fingerprint density at radius 1 is 0.964 bits per heavy atom. The fourth-order valence-electron chi connectivity index (χ4n) is 2.44. The maximum absolute atomic E-state index is 12.2. The molecule has 7 heteroatoms. The molecule has 2 amide bonds. The SMILES string of the molecule is COc1ccc(NC(=O)/C(C)=N/NC(=O)c2ccc(-n3cccc3)cc2)cc1. The number of aromatic nitrogens is 1. The van der Waals surface area contributed by atoms with Crippen LogP contribution in [0.1, 0.15) is 17.3 Å². The number of hydrazone groups is 1. The molecular weight excluding hydrogens is 356 g/mol. The minimum Gasteiger partial charge on any atom is -0.497 e. The van der Waals surface area contributed by atoms with E-state index >= 15 is 0 Å². The number of carbonyl (C=O) groups excluding carboxylic acids is 2. The zero-order valence-electron chi connectivity index (χ0n) is 15.5. The fourth-order valence-corrected chi connectivity index (χ4v) is 2.44. The number of nitrogens with one attached hydrogen (secondary N) is 2. The van der Waals surface area contributed by atoms with Crippen molar-refractivity contribution in [1.29, 1.82) is 0 Å². The summed E-state index contributed by atoms with van der Waals surface area (Å²) >= 11 is 0. The van der Waals surface area contributed by atoms with Gasteiger partial charge in [-0.2, -0.15) is 5.10 Å². The van der Waals surface area contributed by atoms with Gasteiger partial charge in [0.15, 0.2) is 0 Å². The number of hydrogen-bond acceptors (Lipinski definition) is 4. The average molecular weight is 376 g/mol. The van der Waals surface area contributed by atoms with Gasteiger partial charge in [-0.3, -0.25) is 9.59 Å². The van der Waals surface area contributed by atoms with Crippen LogP contribution in [-0.4, -0.2) is 29.2 Å². The lowest BCUT2D eigenvalue weighted by Gasteiger charge is -2.07. The molecule has 0 atom stereocenters. The number of anilines is 1. The van der Waals surface area contributed by atoms with Gasteiger partial charge in [-0.15, -0.1) is 0 Å². The molecule has 0 aliphatic heterocycles. The first-order valence-corrected chi connectivity index (χ1v) is 8.60. The van der Waals surface area contributed by atoms with Gasteiger partial charge in [0.1, 0.15) is 11.5 Å². The molecule has 1 aromatic heterocycles. The van der Waals surface area contributed by atoms with E-state index in [1.165, 1.54) is 6.92 Å². The van der Waals surface area contributed by atoms with Crippen molar-refractivity contribution in [2.45, 2.75) is 6.92 Å². The molecule has 0 aliphatic carbocycles. The van der Waals surface area contributed by atoms with E-state index in [0.717, 1.165) is 5.69 Å². The fraction of sp³-hybridized carbons (Fsp3) is 0.0952. The highest BCUT2D eigenvalue weighted by atomic mass is 16.5. The highest BCUT2D eigenvalue weighted by Gasteiger charge is 2.09. The topological polar surface area (TPSA) is 84.7 Å². The van der Waals surface area contributed by atoms with Crippen molar-refractivity contribution in [3.8, 4) is 11.4 Å². The molecule has 0 bridgehead atoms. The van der Waals surface area contributed by atoms with Gasteiger partial charge in [-0.25, -0.2) is 5.43 Å². The van der Waals surface area contributed by atoms with Crippen LogP contribution < -0.4 is 15.5 Å². The van der Waals surface area contributed by atoms with E-state index in [1.807, 2.05) is 41.2 Å². The molecule has 3 aromatic rings. The first-order chi connectivity index (χ1) is 13.6. The predicted octanol–water partition coefficient (Wildman–Crippen LogP) is 3.23. The zero-order chi connectivity index (χ0) is 19.9. The first kappa shape index (κ1) is 18.9. The second-order valence-electron chi connectivity index (χ2n) is 5.96. The van der Waals surface area contributed by atoms with E-state index in [9.17, 15) is 9.59 Å². The van der Waals surface area contributed by atoms with Crippen molar-refractivity contribution in [1.82, 2.24) is 9.99 Å². The van der Waals surface area contributed by atoms with Crippen LogP contribution in [-0.2, 0) is 4.79 Å². The van der Waals surface area contributed by atoms with Crippen LogP contribution in [0.3, 0.4) is 0 Å². The van der Waals surface area contributed by atoms with Crippen molar-refractivity contribution in [3.05, 3.63) is 78.6 Å². The summed E-state index contributed by atoms with van der Waals surface area (Å²) < 4.78 is 7.01. The third-order valence-corrected chi connectivity index (χ3v) is 4.03. The number of ether oxygens (including phenoxy) is 1. The van der Waals surface area contributed by atoms with E-state index in [1.54, 1.807) is 43.5 Å². The van der Waals surface area contributed by atoms with E-state index in [2.05, 4.69) is 15.8 Å². The maximum atomic E-state index is 12.2. The van der Waals surface area contributed by atoms with Crippen LogP contribution in [0.25, 0.3) is 5.69 Å². The molecule has 0 saturated heterocycles. The number of nitrogens with zero attached hydrogens (tertiary/aromatic N) is 2. The summed E-state index contributed by atoms with van der Waals surface area (Å²) in [4.78, 5) is 24.4. The highest BCUT2D eigenvalue weighted by molar-refractivity contribution is 6.42. The van der Waals surface area contributed by atoms with Crippen molar-refractivity contribution >= 4 is 23.2 Å². The van der Waals surface area contributed by atoms with Crippen LogP contribution in [0.2, 0.25) is 0 Å². The Balaban J connectivity index is 1.58. The summed E-state index contributed by atoms with van der Waals surface area (Å²) in [5.74, 6) is -0.109. The van der Waals surface area contributed by atoms with Crippen LogP contribution in [0, 0.1) is 0 Å². The van der Waals surface area contributed by atoms with Gasteiger partial charge in [0, 0.05) is 29.3 Å². The first-order valence-electron chi connectivity index (χ1n) is 8.60. The van der Waals surface area contributed by atoms with E-state index in [4.69, 9.17) is 4.74 Å². The summed E-state index contributed by atoms with van der Waals surface area (Å²) in [6, 6.07) is 17.8. The summed E-state index contributed by atoms with van der Waals surface area (Å²) in [6.07, 6.45) is 3.84. The van der Waals surface area contributed by atoms with Crippen molar-refractivity contribution in [2.24, 2.45) is 5.10 Å². The summed E-state index contributed by atoms with van der Waals surface area (Å²) in [5, 5.41) is 6.58. The Morgan fingerprint density at radius 3 is 2.21 bits per heavy atom. The number of amides is 2. The van der Waals surface area contributed by atoms with Gasteiger partial charge in [0.2, 0.25) is 0 Å². The third kappa shape index (κ3) is 4.64. The Kier molecular flexibility index (Phi) is 5.86. The molecule has 1 heterocycles. The number of hydrogen-bond donors (Lipinski definition) is 2. The number of rotatable bonds is 6. The van der Waals surface area contributed by atoms with Gasteiger partial charge in [-0.05, 0) is 67.6 Å². The predicted molar refractivity (Wildman–Crippen MR) is 108 cm³/mol. The highest BCUT2D eigenvalue weighted by Crippen LogP contribution is 2.15. The van der Waals surface area contributed by atoms with E-state index in [0.29, 0.717) is 17.0 Å². The number of methoxy groups -OCH3 is 1. The van der Waals surface area contributed by atoms with Crippen LogP contribution >= 0.6 is 0 Å². The summed E-state index contributed by atoms with van der Waals surface area (Å²) in [5.41, 5.74) is 4.53. The standard InChI is InChI=1S/C21H20N4O3/c1-15(20(26)22-17-7-11-19(28-2)12-8-17)23-24-21(27)16-5-9-18(10-6-16)25-13-3-4-14-25/h3-14H,1-2H3,(H,22,26)(H,24,27)/b23-15+. The van der Waals surface area contributed by atoms with Crippen LogP contribution in [0.4, 0.5) is 5.69 Å². The van der Waals surface area contributed by atoms with Gasteiger partial charge < -0.3 is 14.6 Å². The third-order valence-electron chi connectivity index (χ3n) is 4.03. The van der Waals surface area contributed by atoms with Crippen molar-refractivity contribution in [2.75, 3.05) is 12.4 Å². The molecule has 7 nitrogen and oxygen atoms in total. The molecule has 3 rings (SSSR count). The molecule has 0 aliphatic rings. The minimum absolute atomic E-state index is 0.133. The Morgan fingerprint density at radius 2 is 1.61 bits per heavy atom. The molecule has 0 saturated carbocycles. The van der Waals surface area contributed by atoms with Crippen LogP contribution in [0.15, 0.2) is 78.2 Å². The maximum Gasteiger partial charge on any atom is 0.271 e. The molecule has 0 unspecified atom stereocenters. The molecular formula is C21H20N4O3. The molecule has 0 spiro atoms. The van der Waals surface area contributed by atoms with Gasteiger partial charge in [-0.1, -0.05) is 0 Å². The lowest BCUT2D eigenvalue weighted by atomic mass is 10.2. The van der Waals surface area contributed by atoms with Gasteiger partial charge >= 0.3 is 0 Å². The second kappa shape index (κ2) is 8.68. The van der Waals surface area contributed by atoms with E-state index in [-0.39, 0.29) is 5.71 Å². The molecule has 28 heavy (non-hydrogen) atoms. The van der Waals surface area contributed by atoms with Gasteiger partial charge in [0.25, 0.3) is 11.8 Å². The molecule has 0 fully saturated rings. The lowest BCUT2D eigenvalue weighted by molar-refractivity contribution is -0.110. The normalized spacial score (nSPS) is 11.0. The summed E-state index contributed by atoms with van der Waals surface area (Å²) in [6.45, 7) is 1.52. The molecule has 2 N–H and O–H groups in total. The Bertz CT molecular complexity index is 976. The Labute approximate surface area is 162 Å². The quantitative estimate of drug-likeness (QED) is 0.512. The molecule has 2 aromatic carbocycles. The molecule has 0 radical (unpaired) electrons. The lowest BCUT2D eigenvalue weighted by Crippen LogP contribution is -2.25. The monoisotopic (exact) mass is 376 g/mol.